The summed E-state index contributed by atoms with van der Waals surface area (Å²) in [7, 11) is 0. The Hall–Kier alpha value is -3.80. The Bertz CT molecular complexity index is 1180. The number of nitrogens with one attached hydrogen (secondary N) is 1. The van der Waals surface area contributed by atoms with Crippen LogP contribution < -0.4 is 14.8 Å². The van der Waals surface area contributed by atoms with Gasteiger partial charge in [-0.1, -0.05) is 60.2 Å². The van der Waals surface area contributed by atoms with Crippen LogP contribution in [0.1, 0.15) is 53.9 Å². The van der Waals surface area contributed by atoms with Gasteiger partial charge in [0.2, 0.25) is 5.91 Å². The Balaban J connectivity index is 1.79. The van der Waals surface area contributed by atoms with E-state index >= 15 is 0 Å². The Morgan fingerprint density at radius 3 is 2.23 bits per heavy atom. The zero-order valence-corrected chi connectivity index (χ0v) is 20.7. The molecule has 0 unspecified atom stereocenters. The number of rotatable bonds is 6. The van der Waals surface area contributed by atoms with Crippen molar-refractivity contribution in [2.75, 3.05) is 13.2 Å². The van der Waals surface area contributed by atoms with Crippen molar-refractivity contribution < 1.29 is 19.1 Å². The van der Waals surface area contributed by atoms with E-state index in [1.165, 1.54) is 0 Å². The molecule has 2 amide bonds. The summed E-state index contributed by atoms with van der Waals surface area (Å²) in [5, 5.41) is 3.08. The molecule has 0 aliphatic carbocycles. The van der Waals surface area contributed by atoms with Crippen molar-refractivity contribution in [1.82, 2.24) is 10.2 Å². The lowest BCUT2D eigenvalue weighted by molar-refractivity contribution is -0.127. The van der Waals surface area contributed by atoms with Crippen LogP contribution in [-0.2, 0) is 11.3 Å². The zero-order valence-electron chi connectivity index (χ0n) is 20.7. The largest absolute Gasteiger partial charge is 0.486 e. The number of ether oxygens (including phenoxy) is 2. The summed E-state index contributed by atoms with van der Waals surface area (Å²) in [5.41, 5.74) is 2.74. The van der Waals surface area contributed by atoms with Gasteiger partial charge in [-0.15, -0.1) is 0 Å². The molecule has 0 radical (unpaired) electrons. The van der Waals surface area contributed by atoms with Crippen LogP contribution in [0.3, 0.4) is 0 Å². The summed E-state index contributed by atoms with van der Waals surface area (Å²) in [6, 6.07) is 21.8. The topological polar surface area (TPSA) is 67.9 Å². The summed E-state index contributed by atoms with van der Waals surface area (Å²) in [5.74, 6) is 0.652. The minimum atomic E-state index is -0.823. The number of benzene rings is 3. The first-order valence-corrected chi connectivity index (χ1v) is 11.8. The lowest BCUT2D eigenvalue weighted by atomic mass is 9.99. The Kier molecular flexibility index (Phi) is 7.10. The second-order valence-corrected chi connectivity index (χ2v) is 9.83. The molecule has 6 nitrogen and oxygen atoms in total. The molecule has 0 saturated carbocycles. The molecular weight excluding hydrogens is 440 g/mol. The fraction of sp³-hybridized carbons (Fsp3) is 0.310. The van der Waals surface area contributed by atoms with E-state index < -0.39 is 11.6 Å². The summed E-state index contributed by atoms with van der Waals surface area (Å²) >= 11 is 0. The highest BCUT2D eigenvalue weighted by atomic mass is 16.6. The van der Waals surface area contributed by atoms with E-state index in [0.717, 1.165) is 16.7 Å². The third kappa shape index (κ3) is 6.01. The van der Waals surface area contributed by atoms with Gasteiger partial charge in [-0.25, -0.2) is 0 Å². The highest BCUT2D eigenvalue weighted by Crippen LogP contribution is 2.33. The summed E-state index contributed by atoms with van der Waals surface area (Å²) < 4.78 is 11.3. The smallest absolute Gasteiger partial charge is 0.255 e. The normalized spacial score (nSPS) is 13.6. The van der Waals surface area contributed by atoms with Gasteiger partial charge in [-0.05, 0) is 57.0 Å². The molecule has 1 aliphatic rings. The van der Waals surface area contributed by atoms with Crippen molar-refractivity contribution in [3.8, 4) is 11.5 Å². The third-order valence-corrected chi connectivity index (χ3v) is 5.70. The first-order chi connectivity index (χ1) is 16.7. The number of hydrogen-bond donors (Lipinski definition) is 1. The average molecular weight is 473 g/mol. The summed E-state index contributed by atoms with van der Waals surface area (Å²) in [6.07, 6.45) is 0. The maximum absolute atomic E-state index is 14.0. The van der Waals surface area contributed by atoms with Crippen LogP contribution in [0.15, 0.2) is 72.8 Å². The van der Waals surface area contributed by atoms with Crippen molar-refractivity contribution in [3.05, 3.63) is 95.1 Å². The van der Waals surface area contributed by atoms with Crippen LogP contribution >= 0.6 is 0 Å². The number of nitrogens with zero attached hydrogens (tertiary/aromatic N) is 1. The van der Waals surface area contributed by atoms with Crippen molar-refractivity contribution in [1.29, 1.82) is 0 Å². The van der Waals surface area contributed by atoms with E-state index in [2.05, 4.69) is 5.32 Å². The molecule has 0 aromatic heterocycles. The molecule has 182 valence electrons. The quantitative estimate of drug-likeness (QED) is 0.544. The summed E-state index contributed by atoms with van der Waals surface area (Å²) in [4.78, 5) is 29.4. The number of carbonyl (C=O) groups excluding carboxylic acids is 2. The highest BCUT2D eigenvalue weighted by Gasteiger charge is 2.34. The van der Waals surface area contributed by atoms with Gasteiger partial charge < -0.3 is 19.7 Å². The molecule has 1 heterocycles. The van der Waals surface area contributed by atoms with Crippen molar-refractivity contribution in [2.45, 2.75) is 45.8 Å². The van der Waals surface area contributed by atoms with Gasteiger partial charge >= 0.3 is 0 Å². The third-order valence-electron chi connectivity index (χ3n) is 5.70. The number of aryl methyl sites for hydroxylation is 1. The second kappa shape index (κ2) is 10.2. The van der Waals surface area contributed by atoms with Gasteiger partial charge in [-0.2, -0.15) is 0 Å². The van der Waals surface area contributed by atoms with E-state index in [4.69, 9.17) is 9.47 Å². The van der Waals surface area contributed by atoms with E-state index in [-0.39, 0.29) is 18.4 Å². The maximum Gasteiger partial charge on any atom is 0.255 e. The molecule has 3 aromatic carbocycles. The second-order valence-electron chi connectivity index (χ2n) is 9.83. The van der Waals surface area contributed by atoms with E-state index in [0.29, 0.717) is 30.3 Å². The van der Waals surface area contributed by atoms with Gasteiger partial charge in [0.05, 0.1) is 0 Å². The van der Waals surface area contributed by atoms with Gasteiger partial charge in [0.25, 0.3) is 5.91 Å². The monoisotopic (exact) mass is 472 g/mol. The molecule has 35 heavy (non-hydrogen) atoms. The number of amides is 2. The van der Waals surface area contributed by atoms with Gasteiger partial charge in [0.15, 0.2) is 11.5 Å². The Morgan fingerprint density at radius 2 is 1.57 bits per heavy atom. The average Bonchev–Trinajstić information content (AvgIpc) is 2.83. The van der Waals surface area contributed by atoms with E-state index in [1.54, 1.807) is 23.1 Å². The van der Waals surface area contributed by atoms with Crippen LogP contribution in [0.25, 0.3) is 0 Å². The molecule has 0 fully saturated rings. The molecule has 1 atom stereocenters. The fourth-order valence-corrected chi connectivity index (χ4v) is 4.06. The fourth-order valence-electron chi connectivity index (χ4n) is 4.06. The standard InChI is InChI=1S/C29H32N2O4/c1-20-10-12-22(13-11-20)26(27(32)30-29(2,3)4)31(19-21-8-6-5-7-9-21)28(33)23-14-15-24-25(18-23)35-17-16-34-24/h5-15,18,26H,16-17,19H2,1-4H3,(H,30,32)/t26-/m1/s1. The van der Waals surface area contributed by atoms with Crippen molar-refractivity contribution >= 4 is 11.8 Å². The van der Waals surface area contributed by atoms with Gasteiger partial charge in [-0.3, -0.25) is 9.59 Å². The van der Waals surface area contributed by atoms with Crippen molar-refractivity contribution in [2.24, 2.45) is 0 Å². The highest BCUT2D eigenvalue weighted by molar-refractivity contribution is 5.98. The molecule has 0 saturated heterocycles. The molecular formula is C29H32N2O4. The molecule has 3 aromatic rings. The molecule has 6 heteroatoms. The Labute approximate surface area is 206 Å². The van der Waals surface area contributed by atoms with Gasteiger partial charge in [0, 0.05) is 17.6 Å². The lowest BCUT2D eigenvalue weighted by Gasteiger charge is -2.34. The maximum atomic E-state index is 14.0. The first-order valence-electron chi connectivity index (χ1n) is 11.8. The van der Waals surface area contributed by atoms with Crippen molar-refractivity contribution in [3.63, 3.8) is 0 Å². The predicted octanol–water partition coefficient (Wildman–Crippen LogP) is 5.06. The molecule has 1 aliphatic heterocycles. The van der Waals surface area contributed by atoms with Crippen LogP contribution in [-0.4, -0.2) is 35.5 Å². The van der Waals surface area contributed by atoms with E-state index in [1.807, 2.05) is 82.3 Å². The molecule has 0 spiro atoms. The van der Waals surface area contributed by atoms with Gasteiger partial charge in [0.1, 0.15) is 19.3 Å². The number of hydrogen-bond acceptors (Lipinski definition) is 4. The van der Waals surface area contributed by atoms with Crippen LogP contribution in [0.5, 0.6) is 11.5 Å². The number of carbonyl (C=O) groups is 2. The summed E-state index contributed by atoms with van der Waals surface area (Å²) in [6.45, 7) is 8.96. The zero-order chi connectivity index (χ0) is 25.0. The predicted molar refractivity (Wildman–Crippen MR) is 136 cm³/mol. The molecule has 0 bridgehead atoms. The number of fused-ring (bicyclic) bond motifs is 1. The first kappa shape index (κ1) is 24.3. The minimum Gasteiger partial charge on any atom is -0.486 e. The lowest BCUT2D eigenvalue weighted by Crippen LogP contribution is -2.49. The van der Waals surface area contributed by atoms with Crippen LogP contribution in [0, 0.1) is 6.92 Å². The molecule has 4 rings (SSSR count). The SMILES string of the molecule is Cc1ccc([C@H](C(=O)NC(C)(C)C)N(Cc2ccccc2)C(=O)c2ccc3c(c2)OCCO3)cc1. The van der Waals surface area contributed by atoms with E-state index in [9.17, 15) is 9.59 Å². The minimum absolute atomic E-state index is 0.233. The Morgan fingerprint density at radius 1 is 0.914 bits per heavy atom. The molecule has 1 N–H and O–H groups in total. The van der Waals surface area contributed by atoms with Crippen LogP contribution in [0.4, 0.5) is 0 Å². The van der Waals surface area contributed by atoms with Crippen LogP contribution in [0.2, 0.25) is 0 Å².